The molecule has 0 unspecified atom stereocenters. The molecule has 96 valence electrons. The Morgan fingerprint density at radius 3 is 2.78 bits per heavy atom. The third-order valence-corrected chi connectivity index (χ3v) is 3.22. The molecule has 0 aromatic carbocycles. The lowest BCUT2D eigenvalue weighted by Gasteiger charge is -2.36. The topological polar surface area (TPSA) is 42.7 Å². The molecule has 0 bridgehead atoms. The Morgan fingerprint density at radius 1 is 1.33 bits per heavy atom. The SMILES string of the molecule is C[C@@H]1CN(c2nc(Cl)nn3cccc23)C[C@H](C)O1. The maximum absolute atomic E-state index is 5.97. The van der Waals surface area contributed by atoms with E-state index in [4.69, 9.17) is 16.3 Å². The van der Waals surface area contributed by atoms with Gasteiger partial charge in [0.1, 0.15) is 5.52 Å². The zero-order valence-electron chi connectivity index (χ0n) is 10.4. The molecule has 0 amide bonds. The number of hydrogen-bond acceptors (Lipinski definition) is 4. The van der Waals surface area contributed by atoms with Crippen molar-refractivity contribution in [1.82, 2.24) is 14.6 Å². The number of nitrogens with zero attached hydrogens (tertiary/aromatic N) is 4. The minimum Gasteiger partial charge on any atom is -0.372 e. The Balaban J connectivity index is 2.05. The summed E-state index contributed by atoms with van der Waals surface area (Å²) in [5, 5.41) is 4.41. The van der Waals surface area contributed by atoms with Crippen molar-refractivity contribution in [3.05, 3.63) is 23.6 Å². The summed E-state index contributed by atoms with van der Waals surface area (Å²) in [7, 11) is 0. The predicted molar refractivity (Wildman–Crippen MR) is 70.2 cm³/mol. The minimum absolute atomic E-state index is 0.192. The van der Waals surface area contributed by atoms with E-state index in [-0.39, 0.29) is 17.5 Å². The molecule has 1 aliphatic heterocycles. The average Bonchev–Trinajstić information content (AvgIpc) is 2.74. The van der Waals surface area contributed by atoms with Crippen molar-refractivity contribution in [3.63, 3.8) is 0 Å². The van der Waals surface area contributed by atoms with Crippen LogP contribution in [0.1, 0.15) is 13.8 Å². The first kappa shape index (κ1) is 11.7. The van der Waals surface area contributed by atoms with E-state index in [1.807, 2.05) is 18.3 Å². The molecular weight excluding hydrogens is 252 g/mol. The molecule has 0 spiro atoms. The van der Waals surface area contributed by atoms with Crippen LogP contribution in [0.5, 0.6) is 0 Å². The highest BCUT2D eigenvalue weighted by atomic mass is 35.5. The van der Waals surface area contributed by atoms with Crippen LogP contribution in [0.3, 0.4) is 0 Å². The summed E-state index contributed by atoms with van der Waals surface area (Å²) in [5.41, 5.74) is 0.973. The number of hydrogen-bond donors (Lipinski definition) is 0. The van der Waals surface area contributed by atoms with Gasteiger partial charge in [-0.3, -0.25) is 0 Å². The zero-order chi connectivity index (χ0) is 12.7. The first-order valence-corrected chi connectivity index (χ1v) is 6.42. The van der Waals surface area contributed by atoms with E-state index in [0.717, 1.165) is 24.4 Å². The zero-order valence-corrected chi connectivity index (χ0v) is 11.1. The van der Waals surface area contributed by atoms with Crippen LogP contribution >= 0.6 is 11.6 Å². The van der Waals surface area contributed by atoms with E-state index >= 15 is 0 Å². The quantitative estimate of drug-likeness (QED) is 0.792. The summed E-state index contributed by atoms with van der Waals surface area (Å²) in [4.78, 5) is 6.58. The van der Waals surface area contributed by atoms with Crippen LogP contribution in [-0.4, -0.2) is 39.9 Å². The molecule has 2 aromatic rings. The maximum atomic E-state index is 5.97. The van der Waals surface area contributed by atoms with Crippen LogP contribution < -0.4 is 4.90 Å². The standard InChI is InChI=1S/C12H15ClN4O/c1-8-6-16(7-9(2)18-8)11-10-4-3-5-17(10)15-12(13)14-11/h3-5,8-9H,6-7H2,1-2H3/t8-,9+. The lowest BCUT2D eigenvalue weighted by atomic mass is 10.2. The molecule has 1 saturated heterocycles. The second-order valence-electron chi connectivity index (χ2n) is 4.70. The van der Waals surface area contributed by atoms with E-state index < -0.39 is 0 Å². The minimum atomic E-state index is 0.192. The molecule has 0 radical (unpaired) electrons. The normalized spacial score (nSPS) is 24.7. The maximum Gasteiger partial charge on any atom is 0.243 e. The van der Waals surface area contributed by atoms with Gasteiger partial charge < -0.3 is 9.64 Å². The lowest BCUT2D eigenvalue weighted by Crippen LogP contribution is -2.46. The van der Waals surface area contributed by atoms with Crippen molar-refractivity contribution in [3.8, 4) is 0 Å². The first-order valence-electron chi connectivity index (χ1n) is 6.05. The molecule has 2 aromatic heterocycles. The fourth-order valence-electron chi connectivity index (χ4n) is 2.48. The van der Waals surface area contributed by atoms with E-state index in [0.29, 0.717) is 0 Å². The van der Waals surface area contributed by atoms with Crippen LogP contribution in [0.15, 0.2) is 18.3 Å². The molecule has 5 nitrogen and oxygen atoms in total. The summed E-state index contributed by atoms with van der Waals surface area (Å²) >= 11 is 5.97. The Kier molecular flexibility index (Phi) is 2.87. The molecule has 18 heavy (non-hydrogen) atoms. The van der Waals surface area contributed by atoms with Crippen molar-refractivity contribution in [1.29, 1.82) is 0 Å². The van der Waals surface area contributed by atoms with Gasteiger partial charge >= 0.3 is 0 Å². The van der Waals surface area contributed by atoms with E-state index in [1.54, 1.807) is 4.52 Å². The monoisotopic (exact) mass is 266 g/mol. The van der Waals surface area contributed by atoms with Gasteiger partial charge in [-0.1, -0.05) is 0 Å². The van der Waals surface area contributed by atoms with Crippen LogP contribution in [0, 0.1) is 0 Å². The van der Waals surface area contributed by atoms with Gasteiger partial charge in [-0.2, -0.15) is 4.98 Å². The van der Waals surface area contributed by atoms with E-state index in [1.165, 1.54) is 0 Å². The molecule has 3 rings (SSSR count). The van der Waals surface area contributed by atoms with E-state index in [2.05, 4.69) is 28.8 Å². The fraction of sp³-hybridized carbons (Fsp3) is 0.500. The molecular formula is C12H15ClN4O. The van der Waals surface area contributed by atoms with Crippen LogP contribution in [0.2, 0.25) is 5.28 Å². The Bertz CT molecular complexity index is 560. The summed E-state index contributed by atoms with van der Waals surface area (Å²) in [6.45, 7) is 5.78. The number of aromatic nitrogens is 3. The molecule has 2 atom stereocenters. The molecule has 1 aliphatic rings. The van der Waals surface area contributed by atoms with Gasteiger partial charge in [0.25, 0.3) is 0 Å². The van der Waals surface area contributed by atoms with Gasteiger partial charge in [0.05, 0.1) is 12.2 Å². The molecule has 3 heterocycles. The van der Waals surface area contributed by atoms with Crippen LogP contribution in [0.25, 0.3) is 5.52 Å². The number of morpholine rings is 1. The Hall–Kier alpha value is -1.33. The Morgan fingerprint density at radius 2 is 2.06 bits per heavy atom. The third kappa shape index (κ3) is 2.04. The Labute approximate surface area is 110 Å². The second kappa shape index (κ2) is 4.40. The third-order valence-electron chi connectivity index (χ3n) is 3.06. The van der Waals surface area contributed by atoms with Gasteiger partial charge in [0, 0.05) is 19.3 Å². The second-order valence-corrected chi connectivity index (χ2v) is 5.04. The number of rotatable bonds is 1. The summed E-state index contributed by atoms with van der Waals surface area (Å²) in [5.74, 6) is 0.877. The smallest absolute Gasteiger partial charge is 0.243 e. The van der Waals surface area contributed by atoms with Gasteiger partial charge in [-0.15, -0.1) is 5.10 Å². The first-order chi connectivity index (χ1) is 8.63. The van der Waals surface area contributed by atoms with E-state index in [9.17, 15) is 0 Å². The predicted octanol–water partition coefficient (Wildman–Crippen LogP) is 2.00. The van der Waals surface area contributed by atoms with Crippen molar-refractivity contribution in [2.45, 2.75) is 26.1 Å². The summed E-state index contributed by atoms with van der Waals surface area (Å²) in [6.07, 6.45) is 2.26. The molecule has 0 aliphatic carbocycles. The summed E-state index contributed by atoms with van der Waals surface area (Å²) < 4.78 is 7.50. The highest BCUT2D eigenvalue weighted by molar-refractivity contribution is 6.28. The number of anilines is 1. The van der Waals surface area contributed by atoms with Crippen molar-refractivity contribution < 1.29 is 4.74 Å². The lowest BCUT2D eigenvalue weighted by molar-refractivity contribution is -0.00539. The fourth-order valence-corrected chi connectivity index (χ4v) is 2.64. The van der Waals surface area contributed by atoms with Gasteiger partial charge in [-0.05, 0) is 37.6 Å². The number of halogens is 1. The van der Waals surface area contributed by atoms with Crippen LogP contribution in [-0.2, 0) is 4.74 Å². The number of fused-ring (bicyclic) bond motifs is 1. The highest BCUT2D eigenvalue weighted by Gasteiger charge is 2.25. The molecule has 0 saturated carbocycles. The highest BCUT2D eigenvalue weighted by Crippen LogP contribution is 2.24. The average molecular weight is 267 g/mol. The molecule has 6 heteroatoms. The van der Waals surface area contributed by atoms with Crippen LogP contribution in [0.4, 0.5) is 5.82 Å². The van der Waals surface area contributed by atoms with Crippen molar-refractivity contribution >= 4 is 22.9 Å². The van der Waals surface area contributed by atoms with Gasteiger partial charge in [0.15, 0.2) is 5.82 Å². The molecule has 0 N–H and O–H groups in total. The van der Waals surface area contributed by atoms with Gasteiger partial charge in [0.2, 0.25) is 5.28 Å². The van der Waals surface area contributed by atoms with Crippen molar-refractivity contribution in [2.24, 2.45) is 0 Å². The molecule has 1 fully saturated rings. The van der Waals surface area contributed by atoms with Gasteiger partial charge in [-0.25, -0.2) is 4.52 Å². The van der Waals surface area contributed by atoms with Crippen molar-refractivity contribution in [2.75, 3.05) is 18.0 Å². The largest absolute Gasteiger partial charge is 0.372 e. The number of ether oxygens (including phenoxy) is 1. The summed E-state index contributed by atoms with van der Waals surface area (Å²) in [6, 6.07) is 3.94.